The average Bonchev–Trinajstić information content (AvgIpc) is 2.92. The number of fused-ring (bicyclic) bond motifs is 1. The van der Waals surface area contributed by atoms with Gasteiger partial charge in [-0.2, -0.15) is 5.10 Å². The van der Waals surface area contributed by atoms with Crippen molar-refractivity contribution in [2.24, 2.45) is 0 Å². The van der Waals surface area contributed by atoms with Crippen LogP contribution in [-0.2, 0) is 0 Å². The fourth-order valence-corrected chi connectivity index (χ4v) is 2.05. The molecule has 0 aliphatic heterocycles. The minimum atomic E-state index is -0.194. The van der Waals surface area contributed by atoms with Gasteiger partial charge in [-0.15, -0.1) is 0 Å². The van der Waals surface area contributed by atoms with E-state index in [1.165, 1.54) is 0 Å². The van der Waals surface area contributed by atoms with Crippen LogP contribution in [0.15, 0.2) is 30.6 Å². The predicted molar refractivity (Wildman–Crippen MR) is 71.2 cm³/mol. The van der Waals surface area contributed by atoms with E-state index in [-0.39, 0.29) is 5.91 Å². The lowest BCUT2D eigenvalue weighted by Crippen LogP contribution is -2.15. The van der Waals surface area contributed by atoms with E-state index < -0.39 is 0 Å². The van der Waals surface area contributed by atoms with Crippen LogP contribution in [0, 0.1) is 13.8 Å². The third-order valence-electron chi connectivity index (χ3n) is 3.00. The van der Waals surface area contributed by atoms with Gasteiger partial charge in [0.25, 0.3) is 5.91 Å². The van der Waals surface area contributed by atoms with E-state index >= 15 is 0 Å². The molecule has 6 heteroatoms. The van der Waals surface area contributed by atoms with Gasteiger partial charge >= 0.3 is 0 Å². The molecule has 3 rings (SSSR count). The molecule has 1 amide bonds. The molecular formula is C13H13N5O. The Morgan fingerprint density at radius 2 is 2.21 bits per heavy atom. The first kappa shape index (κ1) is 11.5. The highest BCUT2D eigenvalue weighted by Gasteiger charge is 2.17. The van der Waals surface area contributed by atoms with Crippen molar-refractivity contribution in [2.45, 2.75) is 13.8 Å². The molecule has 19 heavy (non-hydrogen) atoms. The summed E-state index contributed by atoms with van der Waals surface area (Å²) in [4.78, 5) is 16.7. The van der Waals surface area contributed by atoms with Crippen LogP contribution in [-0.4, -0.2) is 25.5 Å². The zero-order chi connectivity index (χ0) is 13.4. The van der Waals surface area contributed by atoms with Gasteiger partial charge in [-0.05, 0) is 26.0 Å². The Bertz CT molecular complexity index is 755. The summed E-state index contributed by atoms with van der Waals surface area (Å²) in [6, 6.07) is 5.63. The molecule has 0 aliphatic carbocycles. The first-order valence-electron chi connectivity index (χ1n) is 5.92. The van der Waals surface area contributed by atoms with Crippen molar-refractivity contribution in [3.8, 4) is 0 Å². The molecule has 6 nitrogen and oxygen atoms in total. The number of aryl methyl sites for hydroxylation is 2. The summed E-state index contributed by atoms with van der Waals surface area (Å²) in [6.45, 7) is 3.67. The Morgan fingerprint density at radius 3 is 2.95 bits per heavy atom. The number of aromatic amines is 1. The van der Waals surface area contributed by atoms with Gasteiger partial charge in [0, 0.05) is 6.20 Å². The van der Waals surface area contributed by atoms with Crippen molar-refractivity contribution >= 4 is 17.2 Å². The molecule has 0 radical (unpaired) electrons. The summed E-state index contributed by atoms with van der Waals surface area (Å²) in [5, 5.41) is 9.49. The van der Waals surface area contributed by atoms with Crippen LogP contribution in [0.3, 0.4) is 0 Å². The number of nitrogens with one attached hydrogen (secondary N) is 2. The average molecular weight is 255 g/mol. The van der Waals surface area contributed by atoms with E-state index in [9.17, 15) is 4.79 Å². The lowest BCUT2D eigenvalue weighted by atomic mass is 10.3. The molecule has 96 valence electrons. The Balaban J connectivity index is 2.02. The van der Waals surface area contributed by atoms with Gasteiger partial charge in [0.2, 0.25) is 0 Å². The number of nitrogens with zero attached hydrogens (tertiary/aromatic N) is 3. The van der Waals surface area contributed by atoms with Gasteiger partial charge in [0.15, 0.2) is 0 Å². The summed E-state index contributed by atoms with van der Waals surface area (Å²) in [6.07, 6.45) is 3.41. The fourth-order valence-electron chi connectivity index (χ4n) is 2.05. The molecule has 2 N–H and O–H groups in total. The second-order valence-electron chi connectivity index (χ2n) is 4.34. The van der Waals surface area contributed by atoms with E-state index in [1.807, 2.05) is 38.2 Å². The lowest BCUT2D eigenvalue weighted by molar-refractivity contribution is 0.102. The number of carbonyl (C=O) groups is 1. The van der Waals surface area contributed by atoms with Crippen LogP contribution < -0.4 is 5.32 Å². The van der Waals surface area contributed by atoms with Gasteiger partial charge in [0.05, 0.1) is 23.3 Å². The number of pyridine rings is 1. The molecule has 3 aromatic heterocycles. The van der Waals surface area contributed by atoms with Crippen LogP contribution in [0.1, 0.15) is 21.9 Å². The molecule has 3 aromatic rings. The lowest BCUT2D eigenvalue weighted by Gasteiger charge is -2.04. The summed E-state index contributed by atoms with van der Waals surface area (Å²) in [7, 11) is 0. The van der Waals surface area contributed by atoms with E-state index in [2.05, 4.69) is 20.5 Å². The SMILES string of the molecule is Cc1nc2ccccn2c1C(=O)Nc1cn[nH]c1C. The van der Waals surface area contributed by atoms with Gasteiger partial charge in [0.1, 0.15) is 11.3 Å². The molecule has 0 saturated carbocycles. The van der Waals surface area contributed by atoms with Crippen LogP contribution in [0.25, 0.3) is 5.65 Å². The van der Waals surface area contributed by atoms with E-state index in [0.717, 1.165) is 11.3 Å². The second-order valence-corrected chi connectivity index (χ2v) is 4.34. The van der Waals surface area contributed by atoms with Crippen LogP contribution in [0.2, 0.25) is 0 Å². The normalized spacial score (nSPS) is 10.8. The largest absolute Gasteiger partial charge is 0.318 e. The summed E-state index contributed by atoms with van der Waals surface area (Å²) < 4.78 is 1.78. The Kier molecular flexibility index (Phi) is 2.56. The van der Waals surface area contributed by atoms with Gasteiger partial charge in [-0.25, -0.2) is 4.98 Å². The summed E-state index contributed by atoms with van der Waals surface area (Å²) >= 11 is 0. The first-order chi connectivity index (χ1) is 9.16. The Labute approximate surface area is 109 Å². The molecule has 0 aromatic carbocycles. The highest BCUT2D eigenvalue weighted by atomic mass is 16.2. The third-order valence-corrected chi connectivity index (χ3v) is 3.00. The number of hydrogen-bond donors (Lipinski definition) is 2. The molecule has 0 bridgehead atoms. The van der Waals surface area contributed by atoms with Crippen LogP contribution in [0.4, 0.5) is 5.69 Å². The molecule has 0 atom stereocenters. The number of amides is 1. The number of hydrogen-bond acceptors (Lipinski definition) is 3. The van der Waals surface area contributed by atoms with Crippen LogP contribution >= 0.6 is 0 Å². The highest BCUT2D eigenvalue weighted by Crippen LogP contribution is 2.15. The fraction of sp³-hybridized carbons (Fsp3) is 0.154. The maximum Gasteiger partial charge on any atom is 0.274 e. The first-order valence-corrected chi connectivity index (χ1v) is 5.92. The number of aromatic nitrogens is 4. The number of carbonyl (C=O) groups excluding carboxylic acids is 1. The minimum Gasteiger partial charge on any atom is -0.318 e. The summed E-state index contributed by atoms with van der Waals surface area (Å²) in [5.41, 5.74) is 3.49. The predicted octanol–water partition coefficient (Wildman–Crippen LogP) is 1.93. The maximum absolute atomic E-state index is 12.3. The van der Waals surface area contributed by atoms with Crippen molar-refractivity contribution in [1.29, 1.82) is 0 Å². The summed E-state index contributed by atoms with van der Waals surface area (Å²) in [5.74, 6) is -0.194. The van der Waals surface area contributed by atoms with E-state index in [4.69, 9.17) is 0 Å². The molecule has 0 fully saturated rings. The Morgan fingerprint density at radius 1 is 1.37 bits per heavy atom. The minimum absolute atomic E-state index is 0.194. The van der Waals surface area contributed by atoms with Gasteiger partial charge in [-0.1, -0.05) is 6.07 Å². The van der Waals surface area contributed by atoms with E-state index in [1.54, 1.807) is 10.6 Å². The van der Waals surface area contributed by atoms with Gasteiger partial charge < -0.3 is 5.32 Å². The van der Waals surface area contributed by atoms with Crippen molar-refractivity contribution < 1.29 is 4.79 Å². The van der Waals surface area contributed by atoms with E-state index in [0.29, 0.717) is 17.1 Å². The topological polar surface area (TPSA) is 75.1 Å². The molecular weight excluding hydrogens is 242 g/mol. The third kappa shape index (κ3) is 1.87. The number of imidazole rings is 1. The smallest absolute Gasteiger partial charge is 0.274 e. The zero-order valence-corrected chi connectivity index (χ0v) is 10.6. The van der Waals surface area contributed by atoms with Gasteiger partial charge in [-0.3, -0.25) is 14.3 Å². The number of H-pyrrole nitrogens is 1. The van der Waals surface area contributed by atoms with Crippen molar-refractivity contribution in [1.82, 2.24) is 19.6 Å². The van der Waals surface area contributed by atoms with Crippen molar-refractivity contribution in [3.63, 3.8) is 0 Å². The molecule has 3 heterocycles. The standard InChI is InChI=1S/C13H13N5O/c1-8-10(7-14-17-8)16-13(19)12-9(2)15-11-5-3-4-6-18(11)12/h3-7H,1-2H3,(H,14,17)(H,16,19). The molecule has 0 saturated heterocycles. The Hall–Kier alpha value is -2.63. The highest BCUT2D eigenvalue weighted by molar-refractivity contribution is 6.04. The quantitative estimate of drug-likeness (QED) is 0.734. The molecule has 0 spiro atoms. The van der Waals surface area contributed by atoms with Crippen molar-refractivity contribution in [3.05, 3.63) is 47.7 Å². The molecule has 0 aliphatic rings. The second kappa shape index (κ2) is 4.24. The maximum atomic E-state index is 12.3. The molecule has 0 unspecified atom stereocenters. The number of anilines is 1. The number of rotatable bonds is 2. The zero-order valence-electron chi connectivity index (χ0n) is 10.6. The van der Waals surface area contributed by atoms with Crippen molar-refractivity contribution in [2.75, 3.05) is 5.32 Å². The monoisotopic (exact) mass is 255 g/mol. The van der Waals surface area contributed by atoms with Crippen LogP contribution in [0.5, 0.6) is 0 Å².